The minimum atomic E-state index is -4.28. The van der Waals surface area contributed by atoms with Gasteiger partial charge in [-0.3, -0.25) is 23.7 Å². The molecule has 3 N–H and O–H groups in total. The fourth-order valence-electron chi connectivity index (χ4n) is 4.00. The lowest BCUT2D eigenvalue weighted by Crippen LogP contribution is -2.43. The first kappa shape index (κ1) is 32.5. The molecular formula is C25H37FN3O8PSSi. The lowest BCUT2D eigenvalue weighted by molar-refractivity contribution is -0.112. The van der Waals surface area contributed by atoms with Gasteiger partial charge in [0.1, 0.15) is 18.0 Å². The van der Waals surface area contributed by atoms with Crippen molar-refractivity contribution in [2.45, 2.75) is 82.7 Å². The van der Waals surface area contributed by atoms with Gasteiger partial charge in [-0.15, -0.1) is 0 Å². The number of aliphatic hydroxyl groups excluding tert-OH is 1. The van der Waals surface area contributed by atoms with Crippen LogP contribution in [0.5, 0.6) is 5.75 Å². The second kappa shape index (κ2) is 12.4. The number of carbonyl (C=O) groups excluding carboxylic acids is 1. The van der Waals surface area contributed by atoms with Crippen LogP contribution in [0.3, 0.4) is 0 Å². The van der Waals surface area contributed by atoms with Gasteiger partial charge in [-0.25, -0.2) is 18.8 Å². The van der Waals surface area contributed by atoms with E-state index in [0.717, 1.165) is 40.7 Å². The van der Waals surface area contributed by atoms with E-state index < -0.39 is 63.8 Å². The zero-order chi connectivity index (χ0) is 30.0. The standard InChI is InChI=1S/C25H37FN3O8PSSi/c1-15(2)39-22(32)16(3)28-38(34,37-17-8-10-18(11-9-17)40(5,6)7)35-14-19-21(31)25(4,26)23(36-19)29-13-12-20(30)27-24(29)33/h8-13,15-16,19,21,23,31H,14H2,1-7H3,(H,28,34)(H,27,30,33)/t16-,19+,21+,23+,25+,38?/m0/s1. The van der Waals surface area contributed by atoms with E-state index in [-0.39, 0.29) is 16.1 Å². The number of hydrogen-bond donors (Lipinski definition) is 3. The summed E-state index contributed by atoms with van der Waals surface area (Å²) in [5.74, 6) is 0.217. The third-order valence-electron chi connectivity index (χ3n) is 6.23. The van der Waals surface area contributed by atoms with Crippen LogP contribution in [0.25, 0.3) is 0 Å². The Morgan fingerprint density at radius 2 is 1.88 bits per heavy atom. The summed E-state index contributed by atoms with van der Waals surface area (Å²) < 4.78 is 47.3. The average Bonchev–Trinajstić information content (AvgIpc) is 3.05. The number of benzene rings is 1. The molecule has 0 aliphatic carbocycles. The van der Waals surface area contributed by atoms with E-state index in [0.29, 0.717) is 0 Å². The summed E-state index contributed by atoms with van der Waals surface area (Å²) in [5.41, 5.74) is -4.08. The van der Waals surface area contributed by atoms with Crippen molar-refractivity contribution in [2.75, 3.05) is 6.61 Å². The molecule has 222 valence electrons. The monoisotopic (exact) mass is 617 g/mol. The molecule has 11 nitrogen and oxygen atoms in total. The van der Waals surface area contributed by atoms with E-state index in [1.807, 2.05) is 31.0 Å². The second-order valence-electron chi connectivity index (χ2n) is 11.1. The minimum Gasteiger partial charge on any atom is -0.413 e. The number of hydrogen-bond acceptors (Lipinski definition) is 9. The first-order valence-corrected chi connectivity index (χ1v) is 18.7. The number of rotatable bonds is 11. The molecule has 15 heteroatoms. The number of aliphatic hydroxyl groups is 1. The Kier molecular flexibility index (Phi) is 10.1. The number of nitrogens with one attached hydrogen (secondary N) is 2. The number of ether oxygens (including phenoxy) is 1. The molecule has 1 aliphatic rings. The molecule has 1 unspecified atom stereocenters. The van der Waals surface area contributed by atoms with E-state index in [9.17, 15) is 24.1 Å². The molecular weight excluding hydrogens is 580 g/mol. The largest absolute Gasteiger partial charge is 0.459 e. The van der Waals surface area contributed by atoms with Crippen molar-refractivity contribution in [1.29, 1.82) is 0 Å². The predicted molar refractivity (Wildman–Crippen MR) is 155 cm³/mol. The Bertz CT molecular complexity index is 1360. The maximum atomic E-state index is 15.6. The number of H-pyrrole nitrogens is 1. The number of alkyl halides is 1. The van der Waals surface area contributed by atoms with Gasteiger partial charge in [0.05, 0.1) is 20.7 Å². The van der Waals surface area contributed by atoms with Gasteiger partial charge >= 0.3 is 13.4 Å². The molecule has 1 fully saturated rings. The van der Waals surface area contributed by atoms with Crippen molar-refractivity contribution in [3.05, 3.63) is 57.4 Å². The summed E-state index contributed by atoms with van der Waals surface area (Å²) in [6, 6.07) is 7.13. The maximum absolute atomic E-state index is 15.6. The summed E-state index contributed by atoms with van der Waals surface area (Å²) in [7, 11) is -5.89. The van der Waals surface area contributed by atoms with Gasteiger partial charge in [-0.05, 0) is 26.0 Å². The molecule has 0 amide bonds. The summed E-state index contributed by atoms with van der Waals surface area (Å²) in [6.07, 6.45) is -3.72. The highest BCUT2D eigenvalue weighted by Crippen LogP contribution is 2.47. The van der Waals surface area contributed by atoms with Crippen molar-refractivity contribution in [3.63, 3.8) is 0 Å². The van der Waals surface area contributed by atoms with Gasteiger partial charge in [0, 0.05) is 17.5 Å². The van der Waals surface area contributed by atoms with E-state index in [4.69, 9.17) is 13.8 Å². The van der Waals surface area contributed by atoms with Gasteiger partial charge < -0.3 is 14.4 Å². The van der Waals surface area contributed by atoms with Gasteiger partial charge in [0.2, 0.25) is 5.12 Å². The third kappa shape index (κ3) is 7.81. The Morgan fingerprint density at radius 3 is 2.42 bits per heavy atom. The lowest BCUT2D eigenvalue weighted by atomic mass is 9.98. The molecule has 0 spiro atoms. The lowest BCUT2D eigenvalue weighted by Gasteiger charge is -2.25. The fraction of sp³-hybridized carbons (Fsp3) is 0.560. The SMILES string of the molecule is CC(C)SC(=O)[C@H](C)NP(=O)(OC[C@H]1O[C@@H](n2ccc(=O)[nH]c2=O)[C@](C)(F)[C@@H]1O)Oc1ccc([Si](C)(C)C)cc1. The van der Waals surface area contributed by atoms with E-state index in [1.54, 1.807) is 12.1 Å². The fourth-order valence-corrected chi connectivity index (χ4v) is 7.50. The number of carbonyl (C=O) groups is 1. The maximum Gasteiger partial charge on any atom is 0.459 e. The number of thioether (sulfide) groups is 1. The molecule has 2 heterocycles. The molecule has 3 rings (SSSR count). The van der Waals surface area contributed by atoms with Crippen LogP contribution >= 0.6 is 19.5 Å². The van der Waals surface area contributed by atoms with Crippen LogP contribution in [0.1, 0.15) is 33.9 Å². The Hall–Kier alpha value is -2.06. The summed E-state index contributed by atoms with van der Waals surface area (Å²) in [4.78, 5) is 38.3. The van der Waals surface area contributed by atoms with Crippen LogP contribution < -0.4 is 26.0 Å². The molecule has 0 radical (unpaired) electrons. The molecule has 1 aromatic heterocycles. The van der Waals surface area contributed by atoms with Crippen LogP contribution in [0.15, 0.2) is 46.1 Å². The van der Waals surface area contributed by atoms with Gasteiger partial charge in [-0.1, -0.05) is 62.6 Å². The highest BCUT2D eigenvalue weighted by Gasteiger charge is 2.56. The van der Waals surface area contributed by atoms with E-state index >= 15 is 4.39 Å². The Morgan fingerprint density at radius 1 is 1.25 bits per heavy atom. The van der Waals surface area contributed by atoms with Crippen molar-refractivity contribution >= 4 is 37.9 Å². The van der Waals surface area contributed by atoms with Crippen LogP contribution in [0, 0.1) is 0 Å². The molecule has 2 aromatic rings. The third-order valence-corrected chi connectivity index (χ3v) is 11.0. The second-order valence-corrected chi connectivity index (χ2v) is 19.5. The predicted octanol–water partition coefficient (Wildman–Crippen LogP) is 2.92. The van der Waals surface area contributed by atoms with Gasteiger partial charge in [0.25, 0.3) is 5.56 Å². The van der Waals surface area contributed by atoms with Gasteiger partial charge in [-0.2, -0.15) is 0 Å². The zero-order valence-corrected chi connectivity index (χ0v) is 26.3. The van der Waals surface area contributed by atoms with Crippen molar-refractivity contribution in [2.24, 2.45) is 0 Å². The number of nitrogens with zero attached hydrogens (tertiary/aromatic N) is 1. The Labute approximate surface area is 237 Å². The van der Waals surface area contributed by atoms with Crippen LogP contribution in [0.2, 0.25) is 19.6 Å². The first-order valence-electron chi connectivity index (χ1n) is 12.8. The topological polar surface area (TPSA) is 149 Å². The van der Waals surface area contributed by atoms with Crippen molar-refractivity contribution < 1.29 is 32.6 Å². The smallest absolute Gasteiger partial charge is 0.413 e. The zero-order valence-electron chi connectivity index (χ0n) is 23.5. The molecule has 1 aliphatic heterocycles. The number of aromatic amines is 1. The molecule has 6 atom stereocenters. The quantitative estimate of drug-likeness (QED) is 0.254. The molecule has 0 saturated carbocycles. The van der Waals surface area contributed by atoms with Crippen molar-refractivity contribution in [1.82, 2.24) is 14.6 Å². The summed E-state index contributed by atoms with van der Waals surface area (Å²) >= 11 is 1.06. The van der Waals surface area contributed by atoms with Crippen LogP contribution in [0.4, 0.5) is 4.39 Å². The molecule has 1 saturated heterocycles. The molecule has 40 heavy (non-hydrogen) atoms. The highest BCUT2D eigenvalue weighted by atomic mass is 32.2. The number of aromatic nitrogens is 2. The normalized spacial score (nSPS) is 25.5. The van der Waals surface area contributed by atoms with Crippen LogP contribution in [-0.2, 0) is 18.6 Å². The average molecular weight is 618 g/mol. The van der Waals surface area contributed by atoms with Gasteiger partial charge in [0.15, 0.2) is 11.9 Å². The molecule has 1 aromatic carbocycles. The van der Waals surface area contributed by atoms with Crippen molar-refractivity contribution in [3.8, 4) is 5.75 Å². The summed E-state index contributed by atoms with van der Waals surface area (Å²) in [6.45, 7) is 12.2. The number of halogens is 1. The highest BCUT2D eigenvalue weighted by molar-refractivity contribution is 8.14. The molecule has 0 bridgehead atoms. The van der Waals surface area contributed by atoms with Crippen LogP contribution in [-0.4, -0.2) is 63.6 Å². The minimum absolute atomic E-state index is 0.00962. The Balaban J connectivity index is 1.84. The van der Waals surface area contributed by atoms with E-state index in [1.165, 1.54) is 6.92 Å². The summed E-state index contributed by atoms with van der Waals surface area (Å²) in [5, 5.41) is 14.2. The van der Waals surface area contributed by atoms with E-state index in [2.05, 4.69) is 24.7 Å². The first-order chi connectivity index (χ1) is 18.4.